The number of methoxy groups -OCH3 is 1. The fourth-order valence-corrected chi connectivity index (χ4v) is 8.47. The van der Waals surface area contributed by atoms with Gasteiger partial charge in [-0.3, -0.25) is 0 Å². The van der Waals surface area contributed by atoms with Crippen molar-refractivity contribution in [3.05, 3.63) is 42.5 Å². The van der Waals surface area contributed by atoms with Gasteiger partial charge >= 0.3 is 0 Å². The molecule has 0 aromatic heterocycles. The van der Waals surface area contributed by atoms with Gasteiger partial charge in [-0.25, -0.2) is 0 Å². The lowest BCUT2D eigenvalue weighted by Crippen LogP contribution is -2.48. The Morgan fingerprint density at radius 1 is 1.00 bits per heavy atom. The fourth-order valence-electron chi connectivity index (χ4n) is 4.54. The van der Waals surface area contributed by atoms with Crippen LogP contribution in [-0.2, 0) is 24.9 Å². The van der Waals surface area contributed by atoms with Crippen molar-refractivity contribution in [1.29, 1.82) is 0 Å². The third kappa shape index (κ3) is 8.77. The van der Waals surface area contributed by atoms with E-state index in [1.54, 1.807) is 7.11 Å². The molecule has 0 radical (unpaired) electrons. The Labute approximate surface area is 229 Å². The maximum Gasteiger partial charge on any atom is 0.192 e. The zero-order valence-corrected chi connectivity index (χ0v) is 27.3. The van der Waals surface area contributed by atoms with Crippen LogP contribution in [0.5, 0.6) is 5.75 Å². The van der Waals surface area contributed by atoms with Gasteiger partial charge < -0.3 is 23.1 Å². The molecule has 7 heteroatoms. The molecule has 1 saturated heterocycles. The Hall–Kier alpha value is -0.966. The Morgan fingerprint density at radius 3 is 2.08 bits per heavy atom. The van der Waals surface area contributed by atoms with Crippen LogP contribution in [0.25, 0.3) is 0 Å². The molecule has 212 valence electrons. The van der Waals surface area contributed by atoms with Gasteiger partial charge in [0.05, 0.1) is 32.5 Å². The van der Waals surface area contributed by atoms with E-state index in [0.29, 0.717) is 19.8 Å². The van der Waals surface area contributed by atoms with Crippen LogP contribution in [0, 0.1) is 11.8 Å². The predicted octanol–water partition coefficient (Wildman–Crippen LogP) is 7.83. The number of rotatable bonds is 17. The predicted molar refractivity (Wildman–Crippen MR) is 159 cm³/mol. The first-order valence-corrected chi connectivity index (χ1v) is 19.6. The molecule has 5 nitrogen and oxygen atoms in total. The number of hydrogen-bond donors (Lipinski definition) is 0. The summed E-state index contributed by atoms with van der Waals surface area (Å²) in [6.07, 6.45) is 2.21. The molecule has 37 heavy (non-hydrogen) atoms. The van der Waals surface area contributed by atoms with E-state index < -0.39 is 16.6 Å². The SMILES string of the molecule is C=C[C@H](CO[Si](C)(C)C(C)(C)C)[C@H](O[Si](CC)(CC)CC)[C@H]1O[C@@H]1[C@@H](C)COCc1ccc(OC)cc1. The molecule has 5 atom stereocenters. The van der Waals surface area contributed by atoms with E-state index in [0.717, 1.165) is 29.4 Å². The highest BCUT2D eigenvalue weighted by atomic mass is 28.4. The smallest absolute Gasteiger partial charge is 0.192 e. The molecule has 0 N–H and O–H groups in total. The van der Waals surface area contributed by atoms with Crippen LogP contribution in [0.2, 0.25) is 36.3 Å². The van der Waals surface area contributed by atoms with Gasteiger partial charge in [0.2, 0.25) is 0 Å². The van der Waals surface area contributed by atoms with Gasteiger partial charge in [0.25, 0.3) is 0 Å². The first kappa shape index (κ1) is 32.2. The van der Waals surface area contributed by atoms with Gasteiger partial charge in [-0.05, 0) is 54.0 Å². The number of hydrogen-bond acceptors (Lipinski definition) is 5. The molecule has 0 amide bonds. The Bertz CT molecular complexity index is 808. The van der Waals surface area contributed by atoms with Crippen LogP contribution in [-0.4, -0.2) is 55.3 Å². The average molecular weight is 551 g/mol. The fraction of sp³-hybridized carbons (Fsp3) is 0.733. The molecule has 0 saturated carbocycles. The molecule has 0 bridgehead atoms. The van der Waals surface area contributed by atoms with Gasteiger partial charge in [-0.1, -0.05) is 66.7 Å². The van der Waals surface area contributed by atoms with Crippen LogP contribution in [0.3, 0.4) is 0 Å². The molecule has 0 aliphatic carbocycles. The third-order valence-corrected chi connectivity index (χ3v) is 17.9. The second-order valence-corrected chi connectivity index (χ2v) is 21.7. The van der Waals surface area contributed by atoms with Crippen LogP contribution in [0.1, 0.15) is 54.0 Å². The Balaban J connectivity index is 2.08. The summed E-state index contributed by atoms with van der Waals surface area (Å²) in [6.45, 7) is 26.6. The minimum atomic E-state index is -1.88. The Kier molecular flexibility index (Phi) is 12.1. The first-order chi connectivity index (χ1) is 17.4. The van der Waals surface area contributed by atoms with Crippen molar-refractivity contribution in [3.8, 4) is 5.75 Å². The van der Waals surface area contributed by atoms with Gasteiger partial charge in [0.1, 0.15) is 11.9 Å². The molecule has 1 aliphatic heterocycles. The zero-order valence-electron chi connectivity index (χ0n) is 25.3. The second kappa shape index (κ2) is 13.9. The van der Waals surface area contributed by atoms with E-state index in [4.69, 9.17) is 23.1 Å². The van der Waals surface area contributed by atoms with Gasteiger partial charge in [0.15, 0.2) is 16.6 Å². The van der Waals surface area contributed by atoms with E-state index in [1.807, 2.05) is 30.3 Å². The highest BCUT2D eigenvalue weighted by Crippen LogP contribution is 2.41. The maximum atomic E-state index is 7.11. The molecule has 0 unspecified atom stereocenters. The van der Waals surface area contributed by atoms with E-state index >= 15 is 0 Å². The first-order valence-electron chi connectivity index (χ1n) is 14.2. The average Bonchev–Trinajstić information content (AvgIpc) is 3.67. The number of epoxide rings is 1. The summed E-state index contributed by atoms with van der Waals surface area (Å²) in [5.74, 6) is 1.24. The number of ether oxygens (including phenoxy) is 3. The van der Waals surface area contributed by atoms with Crippen molar-refractivity contribution < 1.29 is 23.1 Å². The van der Waals surface area contributed by atoms with Gasteiger partial charge in [-0.2, -0.15) is 0 Å². The summed E-state index contributed by atoms with van der Waals surface area (Å²) >= 11 is 0. The normalized spacial score (nSPS) is 20.8. The molecule has 2 rings (SSSR count). The largest absolute Gasteiger partial charge is 0.497 e. The minimum absolute atomic E-state index is 0.0252. The van der Waals surface area contributed by atoms with Crippen molar-refractivity contribution >= 4 is 16.6 Å². The lowest BCUT2D eigenvalue weighted by molar-refractivity contribution is 0.0799. The van der Waals surface area contributed by atoms with E-state index in [2.05, 4.69) is 68.1 Å². The molecule has 0 spiro atoms. The standard InChI is InChI=1S/C30H54O5Si2/c1-12-25(22-33-36(10,11)30(6,7)8)28(35-37(13-2,14-3)15-4)29-27(34-29)23(5)20-32-21-24-16-18-26(31-9)19-17-24/h12,16-19,23,25,27-29H,1,13-15,20-22H2,2-11H3/t23-,25+,27+,28-,29-/m0/s1. The summed E-state index contributed by atoms with van der Waals surface area (Å²) in [6, 6.07) is 11.4. The molecule has 1 aromatic carbocycles. The van der Waals surface area contributed by atoms with Crippen molar-refractivity contribution in [2.45, 2.75) is 110 Å². The lowest BCUT2D eigenvalue weighted by atomic mass is 9.95. The van der Waals surface area contributed by atoms with Crippen LogP contribution in [0.15, 0.2) is 36.9 Å². The molecule has 1 aliphatic rings. The van der Waals surface area contributed by atoms with Crippen molar-refractivity contribution in [2.24, 2.45) is 11.8 Å². The summed E-state index contributed by atoms with van der Waals surface area (Å²) in [7, 11) is -2.05. The van der Waals surface area contributed by atoms with E-state index in [1.165, 1.54) is 0 Å². The zero-order chi connectivity index (χ0) is 27.9. The van der Waals surface area contributed by atoms with Crippen molar-refractivity contribution in [2.75, 3.05) is 20.3 Å². The summed E-state index contributed by atoms with van der Waals surface area (Å²) in [5.41, 5.74) is 1.14. The maximum absolute atomic E-state index is 7.11. The second-order valence-electron chi connectivity index (χ2n) is 12.2. The topological polar surface area (TPSA) is 49.5 Å². The molecular weight excluding hydrogens is 496 g/mol. The van der Waals surface area contributed by atoms with Gasteiger partial charge in [0, 0.05) is 18.4 Å². The number of benzene rings is 1. The van der Waals surface area contributed by atoms with E-state index in [-0.39, 0.29) is 35.2 Å². The van der Waals surface area contributed by atoms with Crippen LogP contribution >= 0.6 is 0 Å². The molecule has 1 heterocycles. The Morgan fingerprint density at radius 2 is 1.59 bits per heavy atom. The minimum Gasteiger partial charge on any atom is -0.497 e. The molecular formula is C30H54O5Si2. The van der Waals surface area contributed by atoms with Gasteiger partial charge in [-0.15, -0.1) is 6.58 Å². The molecule has 1 fully saturated rings. The summed E-state index contributed by atoms with van der Waals surface area (Å²) in [5, 5.41) is 0.165. The van der Waals surface area contributed by atoms with Crippen molar-refractivity contribution in [3.63, 3.8) is 0 Å². The monoisotopic (exact) mass is 550 g/mol. The summed E-state index contributed by atoms with van der Waals surface area (Å²) < 4.78 is 31.4. The highest BCUT2D eigenvalue weighted by Gasteiger charge is 2.52. The van der Waals surface area contributed by atoms with Crippen molar-refractivity contribution in [1.82, 2.24) is 0 Å². The lowest BCUT2D eigenvalue weighted by Gasteiger charge is -2.39. The summed E-state index contributed by atoms with van der Waals surface area (Å²) in [4.78, 5) is 0. The van der Waals surface area contributed by atoms with E-state index in [9.17, 15) is 0 Å². The molecule has 1 aromatic rings. The quantitative estimate of drug-likeness (QED) is 0.112. The highest BCUT2D eigenvalue weighted by molar-refractivity contribution is 6.74. The third-order valence-electron chi connectivity index (χ3n) is 8.74. The van der Waals surface area contributed by atoms with Crippen LogP contribution < -0.4 is 4.74 Å². The van der Waals surface area contributed by atoms with Crippen LogP contribution in [0.4, 0.5) is 0 Å².